The average molecular weight is 421 g/mol. The SMILES string of the molecule is O=C(/C=C/c1cccc([N+](=O)[O-])c1)Nc1ccc(Cl)c(-c2nc3ncccc3o2)c1. The van der Waals surface area contributed by atoms with Crippen molar-refractivity contribution in [1.29, 1.82) is 0 Å². The first-order valence-corrected chi connectivity index (χ1v) is 9.12. The summed E-state index contributed by atoms with van der Waals surface area (Å²) in [6, 6.07) is 14.4. The number of nitrogens with zero attached hydrogens (tertiary/aromatic N) is 3. The van der Waals surface area contributed by atoms with Crippen molar-refractivity contribution in [1.82, 2.24) is 9.97 Å². The molecule has 0 saturated carbocycles. The fourth-order valence-corrected chi connectivity index (χ4v) is 2.95. The Kier molecular flexibility index (Phi) is 5.23. The number of carbonyl (C=O) groups is 1. The van der Waals surface area contributed by atoms with Gasteiger partial charge in [-0.3, -0.25) is 14.9 Å². The molecule has 0 atom stereocenters. The van der Waals surface area contributed by atoms with E-state index in [0.717, 1.165) is 0 Å². The minimum atomic E-state index is -0.492. The number of nitrogens with one attached hydrogen (secondary N) is 1. The van der Waals surface area contributed by atoms with Crippen molar-refractivity contribution >= 4 is 46.2 Å². The van der Waals surface area contributed by atoms with Gasteiger partial charge in [0, 0.05) is 30.1 Å². The summed E-state index contributed by atoms with van der Waals surface area (Å²) in [4.78, 5) is 31.1. The highest BCUT2D eigenvalue weighted by atomic mass is 35.5. The van der Waals surface area contributed by atoms with Gasteiger partial charge in [-0.1, -0.05) is 23.7 Å². The number of oxazole rings is 1. The van der Waals surface area contributed by atoms with E-state index >= 15 is 0 Å². The topological polar surface area (TPSA) is 111 Å². The summed E-state index contributed by atoms with van der Waals surface area (Å²) in [7, 11) is 0. The average Bonchev–Trinajstić information content (AvgIpc) is 3.18. The lowest BCUT2D eigenvalue weighted by atomic mass is 10.2. The normalized spacial score (nSPS) is 11.1. The number of non-ortho nitro benzene ring substituents is 1. The van der Waals surface area contributed by atoms with E-state index < -0.39 is 10.8 Å². The first-order chi connectivity index (χ1) is 14.5. The quantitative estimate of drug-likeness (QED) is 0.273. The summed E-state index contributed by atoms with van der Waals surface area (Å²) >= 11 is 6.27. The maximum atomic E-state index is 12.3. The molecule has 0 spiro atoms. The predicted molar refractivity (Wildman–Crippen MR) is 113 cm³/mol. The van der Waals surface area contributed by atoms with Gasteiger partial charge in [-0.05, 0) is 42.0 Å². The van der Waals surface area contributed by atoms with Crippen molar-refractivity contribution in [3.63, 3.8) is 0 Å². The number of aromatic nitrogens is 2. The molecule has 2 aromatic heterocycles. The number of benzene rings is 2. The van der Waals surface area contributed by atoms with Gasteiger partial charge >= 0.3 is 0 Å². The van der Waals surface area contributed by atoms with E-state index in [2.05, 4.69) is 15.3 Å². The van der Waals surface area contributed by atoms with Crippen LogP contribution in [0.1, 0.15) is 5.56 Å². The molecule has 0 unspecified atom stereocenters. The van der Waals surface area contributed by atoms with Crippen molar-refractivity contribution < 1.29 is 14.1 Å². The fourth-order valence-electron chi connectivity index (χ4n) is 2.75. The molecule has 0 aliphatic carbocycles. The van der Waals surface area contributed by atoms with E-state index in [0.29, 0.717) is 33.1 Å². The Balaban J connectivity index is 1.53. The molecule has 2 heterocycles. The molecular weight excluding hydrogens is 408 g/mol. The third-order valence-electron chi connectivity index (χ3n) is 4.14. The minimum absolute atomic E-state index is 0.0484. The maximum absolute atomic E-state index is 12.3. The molecule has 8 nitrogen and oxygen atoms in total. The largest absolute Gasteiger partial charge is 0.434 e. The summed E-state index contributed by atoms with van der Waals surface area (Å²) in [5.74, 6) is -0.119. The van der Waals surface area contributed by atoms with Crippen LogP contribution in [0.15, 0.2) is 71.3 Å². The second-order valence-corrected chi connectivity index (χ2v) is 6.62. The molecule has 0 fully saturated rings. The van der Waals surface area contributed by atoms with Crippen LogP contribution in [0, 0.1) is 10.1 Å². The molecule has 0 saturated heterocycles. The van der Waals surface area contributed by atoms with Crippen LogP contribution in [0.2, 0.25) is 5.02 Å². The van der Waals surface area contributed by atoms with E-state index in [-0.39, 0.29) is 11.6 Å². The Morgan fingerprint density at radius 1 is 1.17 bits per heavy atom. The Morgan fingerprint density at radius 3 is 2.83 bits per heavy atom. The first kappa shape index (κ1) is 19.3. The van der Waals surface area contributed by atoms with Gasteiger partial charge in [0.25, 0.3) is 5.69 Å². The van der Waals surface area contributed by atoms with Gasteiger partial charge in [-0.15, -0.1) is 0 Å². The maximum Gasteiger partial charge on any atom is 0.270 e. The molecule has 2 aromatic carbocycles. The highest BCUT2D eigenvalue weighted by Gasteiger charge is 2.13. The zero-order chi connectivity index (χ0) is 21.1. The molecular formula is C21H13ClN4O4. The zero-order valence-electron chi connectivity index (χ0n) is 15.3. The lowest BCUT2D eigenvalue weighted by molar-refractivity contribution is -0.384. The van der Waals surface area contributed by atoms with Gasteiger partial charge in [0.1, 0.15) is 0 Å². The zero-order valence-corrected chi connectivity index (χ0v) is 16.0. The monoisotopic (exact) mass is 420 g/mol. The van der Waals surface area contributed by atoms with E-state index in [9.17, 15) is 14.9 Å². The Bertz CT molecular complexity index is 1270. The Hall–Kier alpha value is -4.04. The number of fused-ring (bicyclic) bond motifs is 1. The molecule has 0 aliphatic rings. The van der Waals surface area contributed by atoms with Gasteiger partial charge in [-0.25, -0.2) is 4.98 Å². The standard InChI is InChI=1S/C21H13ClN4O4/c22-17-8-7-14(12-16(17)21-25-20-18(30-21)5-2-10-23-20)24-19(27)9-6-13-3-1-4-15(11-13)26(28)29/h1-12H,(H,24,27)/b9-6+. The van der Waals surface area contributed by atoms with Gasteiger partial charge in [-0.2, -0.15) is 4.98 Å². The number of amides is 1. The minimum Gasteiger partial charge on any atom is -0.434 e. The summed E-state index contributed by atoms with van der Waals surface area (Å²) in [6.07, 6.45) is 4.39. The van der Waals surface area contributed by atoms with Crippen LogP contribution in [-0.4, -0.2) is 20.8 Å². The molecule has 148 valence electrons. The third kappa shape index (κ3) is 4.18. The summed E-state index contributed by atoms with van der Waals surface area (Å²) in [6.45, 7) is 0. The molecule has 30 heavy (non-hydrogen) atoms. The smallest absolute Gasteiger partial charge is 0.270 e. The van der Waals surface area contributed by atoms with E-state index in [4.69, 9.17) is 16.0 Å². The third-order valence-corrected chi connectivity index (χ3v) is 4.47. The molecule has 4 rings (SSSR count). The molecule has 4 aromatic rings. The van der Waals surface area contributed by atoms with Gasteiger partial charge in [0.2, 0.25) is 11.8 Å². The molecule has 1 N–H and O–H groups in total. The number of rotatable bonds is 5. The van der Waals surface area contributed by atoms with Crippen LogP contribution in [0.5, 0.6) is 0 Å². The van der Waals surface area contributed by atoms with Crippen molar-refractivity contribution in [2.24, 2.45) is 0 Å². The number of anilines is 1. The van der Waals surface area contributed by atoms with E-state index in [1.807, 2.05) is 0 Å². The van der Waals surface area contributed by atoms with Crippen LogP contribution in [0.4, 0.5) is 11.4 Å². The molecule has 0 aliphatic heterocycles. The summed E-state index contributed by atoms with van der Waals surface area (Å²) in [5.41, 5.74) is 2.46. The molecule has 9 heteroatoms. The Morgan fingerprint density at radius 2 is 2.03 bits per heavy atom. The summed E-state index contributed by atoms with van der Waals surface area (Å²) < 4.78 is 5.69. The number of carbonyl (C=O) groups excluding carboxylic acids is 1. The number of hydrogen-bond acceptors (Lipinski definition) is 6. The fraction of sp³-hybridized carbons (Fsp3) is 0. The van der Waals surface area contributed by atoms with E-state index in [1.54, 1.807) is 48.7 Å². The van der Waals surface area contributed by atoms with Crippen molar-refractivity contribution in [3.8, 4) is 11.5 Å². The van der Waals surface area contributed by atoms with Crippen molar-refractivity contribution in [2.45, 2.75) is 0 Å². The van der Waals surface area contributed by atoms with Crippen molar-refractivity contribution in [2.75, 3.05) is 5.32 Å². The molecule has 0 radical (unpaired) electrons. The number of nitro benzene ring substituents is 1. The number of halogens is 1. The number of hydrogen-bond donors (Lipinski definition) is 1. The summed E-state index contributed by atoms with van der Waals surface area (Å²) in [5, 5.41) is 14.0. The Labute approximate surface area is 175 Å². The van der Waals surface area contributed by atoms with Crippen LogP contribution in [-0.2, 0) is 4.79 Å². The highest BCUT2D eigenvalue weighted by Crippen LogP contribution is 2.31. The van der Waals surface area contributed by atoms with Crippen LogP contribution < -0.4 is 5.32 Å². The number of pyridine rings is 1. The lowest BCUT2D eigenvalue weighted by Crippen LogP contribution is -2.07. The first-order valence-electron chi connectivity index (χ1n) is 8.74. The molecule has 1 amide bonds. The van der Waals surface area contributed by atoms with Crippen molar-refractivity contribution in [3.05, 3.63) is 87.6 Å². The lowest BCUT2D eigenvalue weighted by Gasteiger charge is -2.05. The van der Waals surface area contributed by atoms with Gasteiger partial charge in [0.05, 0.1) is 15.5 Å². The second kappa shape index (κ2) is 8.14. The van der Waals surface area contributed by atoms with E-state index in [1.165, 1.54) is 24.3 Å². The van der Waals surface area contributed by atoms with Crippen LogP contribution in [0.3, 0.4) is 0 Å². The van der Waals surface area contributed by atoms with Gasteiger partial charge < -0.3 is 9.73 Å². The highest BCUT2D eigenvalue weighted by molar-refractivity contribution is 6.33. The predicted octanol–water partition coefficient (Wildman–Crippen LogP) is 5.10. The number of nitro groups is 1. The molecule has 0 bridgehead atoms. The van der Waals surface area contributed by atoms with Gasteiger partial charge in [0.15, 0.2) is 11.2 Å². The van der Waals surface area contributed by atoms with Crippen LogP contribution >= 0.6 is 11.6 Å². The second-order valence-electron chi connectivity index (χ2n) is 6.21. The van der Waals surface area contributed by atoms with Crippen LogP contribution in [0.25, 0.3) is 28.8 Å².